The van der Waals surface area contributed by atoms with E-state index in [-0.39, 0.29) is 0 Å². The lowest BCUT2D eigenvalue weighted by atomic mass is 9.79. The molecule has 1 aromatic carbocycles. The Hall–Kier alpha value is -1.39. The quantitative estimate of drug-likeness (QED) is 0.768. The molecule has 0 aliphatic heterocycles. The van der Waals surface area contributed by atoms with Gasteiger partial charge in [0.1, 0.15) is 0 Å². The van der Waals surface area contributed by atoms with E-state index in [4.69, 9.17) is 5.73 Å². The Labute approximate surface area is 120 Å². The summed E-state index contributed by atoms with van der Waals surface area (Å²) in [5.41, 5.74) is 6.22. The second kappa shape index (κ2) is 6.37. The van der Waals surface area contributed by atoms with Crippen LogP contribution in [0.25, 0.3) is 0 Å². The van der Waals surface area contributed by atoms with Crippen LogP contribution >= 0.6 is 0 Å². The number of rotatable bonds is 5. The van der Waals surface area contributed by atoms with E-state index in [0.717, 1.165) is 37.2 Å². The van der Waals surface area contributed by atoms with Gasteiger partial charge in [-0.15, -0.1) is 0 Å². The van der Waals surface area contributed by atoms with Crippen molar-refractivity contribution in [3.63, 3.8) is 0 Å². The number of benzene rings is 1. The number of carbonyl (C=O) groups is 1. The highest BCUT2D eigenvalue weighted by Crippen LogP contribution is 2.31. The molecule has 4 N–H and O–H groups in total. The predicted octanol–water partition coefficient (Wildman–Crippen LogP) is 1.82. The summed E-state index contributed by atoms with van der Waals surface area (Å²) in [7, 11) is 0. The number of nitrogens with two attached hydrogens (primary N) is 1. The summed E-state index contributed by atoms with van der Waals surface area (Å²) in [6.07, 6.45) is 3.91. The van der Waals surface area contributed by atoms with Crippen molar-refractivity contribution < 1.29 is 9.90 Å². The smallest absolute Gasteiger partial charge is 0.248 e. The Morgan fingerprint density at radius 3 is 2.80 bits per heavy atom. The predicted molar refractivity (Wildman–Crippen MR) is 79.2 cm³/mol. The van der Waals surface area contributed by atoms with Crippen LogP contribution in [-0.4, -0.2) is 23.2 Å². The third kappa shape index (κ3) is 4.05. The normalized spacial score (nSPS) is 26.4. The first kappa shape index (κ1) is 15.0. The Morgan fingerprint density at radius 1 is 1.45 bits per heavy atom. The van der Waals surface area contributed by atoms with Gasteiger partial charge >= 0.3 is 0 Å². The van der Waals surface area contributed by atoms with Crippen LogP contribution in [0.5, 0.6) is 0 Å². The van der Waals surface area contributed by atoms with Gasteiger partial charge in [0.15, 0.2) is 0 Å². The number of nitrogens with one attached hydrogen (secondary N) is 1. The number of aliphatic hydroxyl groups is 1. The van der Waals surface area contributed by atoms with Crippen molar-refractivity contribution >= 4 is 5.91 Å². The molecule has 110 valence electrons. The van der Waals surface area contributed by atoms with Crippen molar-refractivity contribution in [2.75, 3.05) is 6.54 Å². The maximum absolute atomic E-state index is 11.1. The van der Waals surface area contributed by atoms with E-state index in [0.29, 0.717) is 18.7 Å². The van der Waals surface area contributed by atoms with Gasteiger partial charge in [0.25, 0.3) is 0 Å². The molecule has 0 saturated heterocycles. The molecule has 0 aromatic heterocycles. The van der Waals surface area contributed by atoms with E-state index in [1.54, 1.807) is 12.1 Å². The summed E-state index contributed by atoms with van der Waals surface area (Å²) < 4.78 is 0. The molecular formula is C16H24N2O2. The van der Waals surface area contributed by atoms with Gasteiger partial charge in [-0.2, -0.15) is 0 Å². The first-order chi connectivity index (χ1) is 9.48. The molecule has 0 radical (unpaired) electrons. The summed E-state index contributed by atoms with van der Waals surface area (Å²) in [4.78, 5) is 11.1. The molecule has 0 unspecified atom stereocenters. The summed E-state index contributed by atoms with van der Waals surface area (Å²) in [6, 6.07) is 7.28. The molecule has 1 aliphatic rings. The Kier molecular flexibility index (Phi) is 4.78. The molecule has 0 heterocycles. The third-order valence-corrected chi connectivity index (χ3v) is 4.20. The standard InChI is InChI=1S/C16H24N2O2/c1-12-5-7-16(20,8-6-12)11-18-10-13-3-2-4-14(9-13)15(17)19/h2-4,9,12,18,20H,5-8,10-11H2,1H3,(H2,17,19). The van der Waals surface area contributed by atoms with Gasteiger partial charge in [-0.25, -0.2) is 0 Å². The lowest BCUT2D eigenvalue weighted by Gasteiger charge is -2.35. The minimum absolute atomic E-state index is 0.410. The van der Waals surface area contributed by atoms with E-state index in [1.165, 1.54) is 0 Å². The summed E-state index contributed by atoms with van der Waals surface area (Å²) in [6.45, 7) is 3.47. The largest absolute Gasteiger partial charge is 0.389 e. The molecule has 1 aromatic rings. The number of primary amides is 1. The minimum Gasteiger partial charge on any atom is -0.389 e. The van der Waals surface area contributed by atoms with Crippen LogP contribution in [0.3, 0.4) is 0 Å². The zero-order chi connectivity index (χ0) is 14.6. The molecule has 1 amide bonds. The average Bonchev–Trinajstić information content (AvgIpc) is 2.43. The van der Waals surface area contributed by atoms with Gasteiger partial charge in [-0.3, -0.25) is 4.79 Å². The first-order valence-corrected chi connectivity index (χ1v) is 7.30. The summed E-state index contributed by atoms with van der Waals surface area (Å²) in [5, 5.41) is 13.8. The Bertz CT molecular complexity index is 465. The van der Waals surface area contributed by atoms with Crippen LogP contribution in [0.15, 0.2) is 24.3 Å². The molecule has 2 rings (SSSR count). The van der Waals surface area contributed by atoms with E-state index >= 15 is 0 Å². The molecule has 0 atom stereocenters. The van der Waals surface area contributed by atoms with Gasteiger partial charge < -0.3 is 16.2 Å². The number of carbonyl (C=O) groups excluding carboxylic acids is 1. The Balaban J connectivity index is 1.83. The molecule has 0 bridgehead atoms. The molecule has 20 heavy (non-hydrogen) atoms. The van der Waals surface area contributed by atoms with Crippen molar-refractivity contribution in [2.24, 2.45) is 11.7 Å². The van der Waals surface area contributed by atoms with E-state index in [2.05, 4.69) is 12.2 Å². The highest BCUT2D eigenvalue weighted by molar-refractivity contribution is 5.92. The van der Waals surface area contributed by atoms with Gasteiger partial charge in [0.05, 0.1) is 5.60 Å². The number of hydrogen-bond donors (Lipinski definition) is 3. The van der Waals surface area contributed by atoms with Crippen LogP contribution in [0.4, 0.5) is 0 Å². The maximum Gasteiger partial charge on any atom is 0.248 e. The van der Waals surface area contributed by atoms with Crippen LogP contribution in [0, 0.1) is 5.92 Å². The fraction of sp³-hybridized carbons (Fsp3) is 0.562. The highest BCUT2D eigenvalue weighted by atomic mass is 16.3. The molecule has 1 aliphatic carbocycles. The minimum atomic E-state index is -0.576. The third-order valence-electron chi connectivity index (χ3n) is 4.20. The zero-order valence-corrected chi connectivity index (χ0v) is 12.1. The van der Waals surface area contributed by atoms with Crippen molar-refractivity contribution in [1.29, 1.82) is 0 Å². The molecule has 1 saturated carbocycles. The lowest BCUT2D eigenvalue weighted by Crippen LogP contribution is -2.43. The van der Waals surface area contributed by atoms with E-state index in [1.807, 2.05) is 12.1 Å². The maximum atomic E-state index is 11.1. The van der Waals surface area contributed by atoms with Gasteiger partial charge in [-0.05, 0) is 49.3 Å². The first-order valence-electron chi connectivity index (χ1n) is 7.30. The summed E-state index contributed by atoms with van der Waals surface area (Å²) >= 11 is 0. The SMILES string of the molecule is CC1CCC(O)(CNCc2cccc(C(N)=O)c2)CC1. The van der Waals surface area contributed by atoms with E-state index < -0.39 is 11.5 Å². The second-order valence-electron chi connectivity index (χ2n) is 6.08. The highest BCUT2D eigenvalue weighted by Gasteiger charge is 2.31. The van der Waals surface area contributed by atoms with Crippen LogP contribution in [-0.2, 0) is 6.54 Å². The van der Waals surface area contributed by atoms with Crippen molar-refractivity contribution in [3.05, 3.63) is 35.4 Å². The van der Waals surface area contributed by atoms with Crippen molar-refractivity contribution in [1.82, 2.24) is 5.32 Å². The summed E-state index contributed by atoms with van der Waals surface area (Å²) in [5.74, 6) is 0.314. The van der Waals surface area contributed by atoms with Crippen LogP contribution in [0.2, 0.25) is 0 Å². The van der Waals surface area contributed by atoms with Crippen molar-refractivity contribution in [3.8, 4) is 0 Å². The van der Waals surface area contributed by atoms with Crippen molar-refractivity contribution in [2.45, 2.75) is 44.8 Å². The lowest BCUT2D eigenvalue weighted by molar-refractivity contribution is -0.00630. The van der Waals surface area contributed by atoms with Crippen LogP contribution in [0.1, 0.15) is 48.5 Å². The Morgan fingerprint density at radius 2 is 2.15 bits per heavy atom. The number of hydrogen-bond acceptors (Lipinski definition) is 3. The molecule has 4 heteroatoms. The zero-order valence-electron chi connectivity index (χ0n) is 12.1. The second-order valence-corrected chi connectivity index (χ2v) is 6.08. The van der Waals surface area contributed by atoms with Gasteiger partial charge in [0.2, 0.25) is 5.91 Å². The van der Waals surface area contributed by atoms with Gasteiger partial charge in [0, 0.05) is 18.7 Å². The van der Waals surface area contributed by atoms with Gasteiger partial charge in [-0.1, -0.05) is 19.1 Å². The van der Waals surface area contributed by atoms with Crippen LogP contribution < -0.4 is 11.1 Å². The topological polar surface area (TPSA) is 75.3 Å². The monoisotopic (exact) mass is 276 g/mol. The average molecular weight is 276 g/mol. The molecule has 0 spiro atoms. The molecular weight excluding hydrogens is 252 g/mol. The fourth-order valence-corrected chi connectivity index (χ4v) is 2.75. The fourth-order valence-electron chi connectivity index (χ4n) is 2.75. The number of amides is 1. The molecule has 1 fully saturated rings. The van der Waals surface area contributed by atoms with E-state index in [9.17, 15) is 9.90 Å². The molecule has 4 nitrogen and oxygen atoms in total.